The number of nitrogens with zero attached hydrogens (tertiary/aromatic N) is 1. The summed E-state index contributed by atoms with van der Waals surface area (Å²) in [5, 5.41) is 0. The number of carbonyl (C=O) groups excluding carboxylic acids is 1. The van der Waals surface area contributed by atoms with Crippen LogP contribution in [0.1, 0.15) is 187 Å². The molecule has 0 saturated carbocycles. The van der Waals surface area contributed by atoms with Crippen LogP contribution >= 0.6 is 7.82 Å². The molecule has 0 aliphatic heterocycles. The first-order valence-electron chi connectivity index (χ1n) is 23.5. The van der Waals surface area contributed by atoms with Crippen molar-refractivity contribution in [2.75, 3.05) is 54.1 Å². The average Bonchev–Trinajstić information content (AvgIpc) is 3.18. The number of likely N-dealkylation sites (N-methyl/N-ethyl adjacent to an activating group) is 1. The van der Waals surface area contributed by atoms with E-state index in [1.807, 2.05) is 21.1 Å². The lowest BCUT2D eigenvalue weighted by Gasteiger charge is -2.28. The van der Waals surface area contributed by atoms with Crippen molar-refractivity contribution in [2.24, 2.45) is 0 Å². The van der Waals surface area contributed by atoms with Crippen molar-refractivity contribution < 1.29 is 37.3 Å². The highest BCUT2D eigenvalue weighted by atomic mass is 31.2. The predicted octanol–water partition coefficient (Wildman–Crippen LogP) is 13.5. The molecule has 0 N–H and O–H groups in total. The van der Waals surface area contributed by atoms with Crippen LogP contribution in [0.5, 0.6) is 0 Å². The fraction of sp³-hybridized carbons (Fsp3) is 0.776. The summed E-state index contributed by atoms with van der Waals surface area (Å²) in [4.78, 5) is 25.1. The first-order chi connectivity index (χ1) is 28.1. The molecule has 0 spiro atoms. The molecule has 2 unspecified atom stereocenters. The molecule has 0 rings (SSSR count). The maximum Gasteiger partial charge on any atom is 0.306 e. The highest BCUT2D eigenvalue weighted by Crippen LogP contribution is 2.38. The number of hydrogen-bond acceptors (Lipinski definition) is 7. The second kappa shape index (κ2) is 41.9. The zero-order valence-corrected chi connectivity index (χ0v) is 39.1. The van der Waals surface area contributed by atoms with Gasteiger partial charge in [0.25, 0.3) is 7.82 Å². The van der Waals surface area contributed by atoms with Crippen LogP contribution in [-0.2, 0) is 27.9 Å². The normalized spacial score (nSPS) is 14.2. The standard InChI is InChI=1S/C49H90NO7P/c1-6-8-10-12-14-16-18-20-22-24-25-27-29-31-33-35-37-39-41-44-54-46-48(47-56-58(52,53)55-45-43-50(3,4)5)57-49(51)42-40-38-36-34-32-30-28-26-23-21-19-17-15-13-11-9-7-2/h9,11,15-18,21-24,48H,6-8,10,12-14,19-20,25-47H2,1-5H3/b11-9-,17-15-,18-16-,23-21-,24-22-. The lowest BCUT2D eigenvalue weighted by Crippen LogP contribution is -2.37. The van der Waals surface area contributed by atoms with Gasteiger partial charge in [-0.05, 0) is 77.0 Å². The third-order valence-corrected chi connectivity index (χ3v) is 10.8. The van der Waals surface area contributed by atoms with Crippen LogP contribution in [0.2, 0.25) is 0 Å². The van der Waals surface area contributed by atoms with E-state index in [0.717, 1.165) is 64.2 Å². The molecule has 0 amide bonds. The van der Waals surface area contributed by atoms with Crippen LogP contribution in [-0.4, -0.2) is 70.7 Å². The number of phosphoric ester groups is 1. The summed E-state index contributed by atoms with van der Waals surface area (Å²) < 4.78 is 34.7. The van der Waals surface area contributed by atoms with Crippen molar-refractivity contribution in [1.29, 1.82) is 0 Å². The summed E-state index contributed by atoms with van der Waals surface area (Å²) in [6.07, 6.45) is 52.3. The van der Waals surface area contributed by atoms with Crippen LogP contribution < -0.4 is 4.89 Å². The van der Waals surface area contributed by atoms with Gasteiger partial charge in [0.2, 0.25) is 0 Å². The molecule has 0 heterocycles. The van der Waals surface area contributed by atoms with Gasteiger partial charge in [-0.1, -0.05) is 164 Å². The van der Waals surface area contributed by atoms with Gasteiger partial charge in [-0.15, -0.1) is 0 Å². The van der Waals surface area contributed by atoms with Crippen LogP contribution in [0.15, 0.2) is 60.8 Å². The van der Waals surface area contributed by atoms with Gasteiger partial charge in [0.15, 0.2) is 0 Å². The number of phosphoric acid groups is 1. The van der Waals surface area contributed by atoms with E-state index in [2.05, 4.69) is 74.6 Å². The van der Waals surface area contributed by atoms with Crippen LogP contribution in [0, 0.1) is 0 Å². The van der Waals surface area contributed by atoms with Crippen LogP contribution in [0.25, 0.3) is 0 Å². The van der Waals surface area contributed by atoms with Gasteiger partial charge in [-0.25, -0.2) is 0 Å². The number of rotatable bonds is 43. The SMILES string of the molecule is CC/C=C\C/C=C\C/C=C\CCCCCCCCCC(=O)OC(COCCCCCCCCCC/C=C\C/C=C\CCCCCC)COP(=O)([O-])OCC[N+](C)(C)C. The molecule has 0 aromatic rings. The number of hydrogen-bond donors (Lipinski definition) is 0. The smallest absolute Gasteiger partial charge is 0.306 e. The molecule has 2 atom stereocenters. The number of esters is 1. The van der Waals surface area contributed by atoms with E-state index in [1.54, 1.807) is 0 Å². The van der Waals surface area contributed by atoms with E-state index >= 15 is 0 Å². The molecule has 338 valence electrons. The fourth-order valence-corrected chi connectivity index (χ4v) is 6.91. The van der Waals surface area contributed by atoms with E-state index in [4.69, 9.17) is 18.5 Å². The summed E-state index contributed by atoms with van der Waals surface area (Å²) in [7, 11) is 1.34. The third kappa shape index (κ3) is 45.3. The highest BCUT2D eigenvalue weighted by molar-refractivity contribution is 7.45. The largest absolute Gasteiger partial charge is 0.756 e. The van der Waals surface area contributed by atoms with Gasteiger partial charge in [-0.2, -0.15) is 0 Å². The van der Waals surface area contributed by atoms with E-state index in [-0.39, 0.29) is 25.8 Å². The minimum Gasteiger partial charge on any atom is -0.756 e. The Bertz CT molecular complexity index is 1110. The molecule has 0 aliphatic carbocycles. The second-order valence-corrected chi connectivity index (χ2v) is 18.1. The lowest BCUT2D eigenvalue weighted by molar-refractivity contribution is -0.870. The molecule has 0 saturated heterocycles. The van der Waals surface area contributed by atoms with Gasteiger partial charge in [0.1, 0.15) is 19.3 Å². The van der Waals surface area contributed by atoms with Crippen molar-refractivity contribution >= 4 is 13.8 Å². The second-order valence-electron chi connectivity index (χ2n) is 16.7. The van der Waals surface area contributed by atoms with Crippen molar-refractivity contribution in [1.82, 2.24) is 0 Å². The lowest BCUT2D eigenvalue weighted by atomic mass is 10.1. The van der Waals surface area contributed by atoms with Crippen molar-refractivity contribution in [3.8, 4) is 0 Å². The number of carbonyl (C=O) groups is 1. The summed E-state index contributed by atoms with van der Waals surface area (Å²) >= 11 is 0. The maximum absolute atomic E-state index is 12.7. The molecule has 0 fully saturated rings. The number of quaternary nitrogens is 1. The highest BCUT2D eigenvalue weighted by Gasteiger charge is 2.20. The molecule has 0 bridgehead atoms. The molecule has 0 aromatic heterocycles. The van der Waals surface area contributed by atoms with Gasteiger partial charge < -0.3 is 27.9 Å². The van der Waals surface area contributed by atoms with E-state index < -0.39 is 13.9 Å². The van der Waals surface area contributed by atoms with E-state index in [0.29, 0.717) is 24.1 Å². The Labute approximate surface area is 358 Å². The fourth-order valence-electron chi connectivity index (χ4n) is 6.18. The summed E-state index contributed by atoms with van der Waals surface area (Å²) in [5.41, 5.74) is 0. The summed E-state index contributed by atoms with van der Waals surface area (Å²) in [6.45, 7) is 5.26. The predicted molar refractivity (Wildman–Crippen MR) is 245 cm³/mol. The maximum atomic E-state index is 12.7. The minimum atomic E-state index is -4.53. The first kappa shape index (κ1) is 56.2. The number of ether oxygens (including phenoxy) is 2. The Balaban J connectivity index is 4.23. The van der Waals surface area contributed by atoms with Gasteiger partial charge in [0.05, 0.1) is 34.4 Å². The van der Waals surface area contributed by atoms with Crippen LogP contribution in [0.3, 0.4) is 0 Å². The minimum absolute atomic E-state index is 0.0203. The molecule has 0 aliphatic rings. The van der Waals surface area contributed by atoms with Crippen LogP contribution in [0.4, 0.5) is 0 Å². The Kier molecular flexibility index (Phi) is 40.6. The van der Waals surface area contributed by atoms with Crippen molar-refractivity contribution in [3.05, 3.63) is 60.8 Å². The molecule has 9 heteroatoms. The topological polar surface area (TPSA) is 94.1 Å². The molecule has 0 aromatic carbocycles. The van der Waals surface area contributed by atoms with Gasteiger partial charge in [-0.3, -0.25) is 9.36 Å². The molecule has 8 nitrogen and oxygen atoms in total. The molecule has 58 heavy (non-hydrogen) atoms. The zero-order chi connectivity index (χ0) is 42.7. The zero-order valence-electron chi connectivity index (χ0n) is 38.2. The molecule has 0 radical (unpaired) electrons. The summed E-state index contributed by atoms with van der Waals surface area (Å²) in [6, 6.07) is 0. The third-order valence-electron chi connectivity index (χ3n) is 9.80. The van der Waals surface area contributed by atoms with E-state index in [1.165, 1.54) is 103 Å². The monoisotopic (exact) mass is 836 g/mol. The molecular weight excluding hydrogens is 746 g/mol. The Morgan fingerprint density at radius 3 is 1.50 bits per heavy atom. The molecular formula is C49H90NO7P. The number of unbranched alkanes of at least 4 members (excludes halogenated alkanes) is 19. The first-order valence-corrected chi connectivity index (χ1v) is 25.0. The Hall–Kier alpha value is -1.80. The number of allylic oxidation sites excluding steroid dienone is 10. The quantitative estimate of drug-likeness (QED) is 0.0198. The van der Waals surface area contributed by atoms with Crippen molar-refractivity contribution in [3.63, 3.8) is 0 Å². The van der Waals surface area contributed by atoms with Gasteiger partial charge in [0, 0.05) is 13.0 Å². The van der Waals surface area contributed by atoms with Crippen molar-refractivity contribution in [2.45, 2.75) is 193 Å². The van der Waals surface area contributed by atoms with E-state index in [9.17, 15) is 14.3 Å². The van der Waals surface area contributed by atoms with Gasteiger partial charge >= 0.3 is 5.97 Å². The average molecular weight is 836 g/mol. The Morgan fingerprint density at radius 2 is 1.00 bits per heavy atom. The summed E-state index contributed by atoms with van der Waals surface area (Å²) in [5.74, 6) is -0.348. The Morgan fingerprint density at radius 1 is 0.552 bits per heavy atom.